The Morgan fingerprint density at radius 1 is 1.48 bits per heavy atom. The number of carbonyl (C=O) groups excluding carboxylic acids is 1. The standard InChI is InChI=1S/C15H23N3O2S/c1-11(2)18-15(13(19)20-3)7-4-6-12(10-15)21-14-16-8-5-9-17-14/h5,8-9,11-12,18H,4,6-7,10H2,1-3H3. The molecule has 21 heavy (non-hydrogen) atoms. The number of hydrogen-bond donors (Lipinski definition) is 1. The molecule has 0 bridgehead atoms. The van der Waals surface area contributed by atoms with Crippen molar-refractivity contribution in [3.8, 4) is 0 Å². The second-order valence-corrected chi connectivity index (χ2v) is 7.01. The van der Waals surface area contributed by atoms with Gasteiger partial charge in [-0.1, -0.05) is 11.8 Å². The predicted molar refractivity (Wildman–Crippen MR) is 83.2 cm³/mol. The van der Waals surface area contributed by atoms with E-state index in [0.29, 0.717) is 5.25 Å². The highest BCUT2D eigenvalue weighted by Gasteiger charge is 2.44. The molecule has 0 spiro atoms. The number of esters is 1. The molecule has 1 aromatic heterocycles. The van der Waals surface area contributed by atoms with Crippen molar-refractivity contribution in [2.24, 2.45) is 0 Å². The first kappa shape index (κ1) is 16.2. The third-order valence-corrected chi connectivity index (χ3v) is 4.82. The van der Waals surface area contributed by atoms with Gasteiger partial charge in [0.1, 0.15) is 5.54 Å². The number of rotatable bonds is 5. The lowest BCUT2D eigenvalue weighted by Crippen LogP contribution is -2.58. The van der Waals surface area contributed by atoms with Crippen molar-refractivity contribution in [3.63, 3.8) is 0 Å². The van der Waals surface area contributed by atoms with Gasteiger partial charge in [-0.15, -0.1) is 0 Å². The summed E-state index contributed by atoms with van der Waals surface area (Å²) in [4.78, 5) is 20.8. The van der Waals surface area contributed by atoms with E-state index in [2.05, 4.69) is 29.1 Å². The minimum absolute atomic E-state index is 0.157. The van der Waals surface area contributed by atoms with Crippen LogP contribution < -0.4 is 5.32 Å². The predicted octanol–water partition coefficient (Wildman–Crippen LogP) is 2.42. The molecule has 0 aliphatic heterocycles. The van der Waals surface area contributed by atoms with E-state index in [0.717, 1.165) is 30.8 Å². The second-order valence-electron chi connectivity index (χ2n) is 5.74. The van der Waals surface area contributed by atoms with Gasteiger partial charge in [0.2, 0.25) is 0 Å². The summed E-state index contributed by atoms with van der Waals surface area (Å²) in [5, 5.41) is 4.53. The summed E-state index contributed by atoms with van der Waals surface area (Å²) in [7, 11) is 1.46. The molecule has 2 rings (SSSR count). The summed E-state index contributed by atoms with van der Waals surface area (Å²) in [6.45, 7) is 4.11. The van der Waals surface area contributed by atoms with Crippen molar-refractivity contribution in [2.75, 3.05) is 7.11 Å². The van der Waals surface area contributed by atoms with Gasteiger partial charge in [0.05, 0.1) is 7.11 Å². The quantitative estimate of drug-likeness (QED) is 0.666. The molecule has 0 amide bonds. The zero-order valence-corrected chi connectivity index (χ0v) is 13.7. The largest absolute Gasteiger partial charge is 0.468 e. The van der Waals surface area contributed by atoms with E-state index < -0.39 is 5.54 Å². The maximum Gasteiger partial charge on any atom is 0.326 e. The first-order valence-corrected chi connectivity index (χ1v) is 8.23. The van der Waals surface area contributed by atoms with Gasteiger partial charge in [0.15, 0.2) is 5.16 Å². The molecule has 0 saturated heterocycles. The van der Waals surface area contributed by atoms with E-state index in [1.807, 2.05) is 6.07 Å². The molecule has 2 atom stereocenters. The Bertz CT molecular complexity index is 469. The zero-order valence-electron chi connectivity index (χ0n) is 12.8. The molecule has 1 fully saturated rings. The molecule has 1 saturated carbocycles. The van der Waals surface area contributed by atoms with Crippen LogP contribution in [0.2, 0.25) is 0 Å². The summed E-state index contributed by atoms with van der Waals surface area (Å²) >= 11 is 1.65. The third kappa shape index (κ3) is 4.17. The minimum atomic E-state index is -0.576. The average Bonchev–Trinajstić information content (AvgIpc) is 2.47. The van der Waals surface area contributed by atoms with Crippen LogP contribution >= 0.6 is 11.8 Å². The first-order chi connectivity index (χ1) is 10.1. The van der Waals surface area contributed by atoms with Crippen molar-refractivity contribution in [1.29, 1.82) is 0 Å². The monoisotopic (exact) mass is 309 g/mol. The Hall–Kier alpha value is -1.14. The summed E-state index contributed by atoms with van der Waals surface area (Å²) in [6, 6.07) is 2.05. The minimum Gasteiger partial charge on any atom is -0.468 e. The molecule has 1 aliphatic rings. The fourth-order valence-corrected chi connectivity index (χ4v) is 4.14. The van der Waals surface area contributed by atoms with Crippen LogP contribution in [0.4, 0.5) is 0 Å². The molecule has 116 valence electrons. The number of thioether (sulfide) groups is 1. The third-order valence-electron chi connectivity index (χ3n) is 3.66. The molecule has 6 heteroatoms. The van der Waals surface area contributed by atoms with Crippen LogP contribution in [-0.2, 0) is 9.53 Å². The number of nitrogens with one attached hydrogen (secondary N) is 1. The number of carbonyl (C=O) groups is 1. The van der Waals surface area contributed by atoms with Crippen LogP contribution in [0.25, 0.3) is 0 Å². The Balaban J connectivity index is 2.10. The topological polar surface area (TPSA) is 64.1 Å². The van der Waals surface area contributed by atoms with E-state index in [1.165, 1.54) is 7.11 Å². The molecular formula is C15H23N3O2S. The van der Waals surface area contributed by atoms with Gasteiger partial charge in [-0.3, -0.25) is 10.1 Å². The fraction of sp³-hybridized carbons (Fsp3) is 0.667. The van der Waals surface area contributed by atoms with E-state index in [9.17, 15) is 4.79 Å². The van der Waals surface area contributed by atoms with Gasteiger partial charge in [-0.05, 0) is 45.6 Å². The number of methoxy groups -OCH3 is 1. The summed E-state index contributed by atoms with van der Waals surface area (Å²) in [6.07, 6.45) is 7.14. The maximum atomic E-state index is 12.3. The van der Waals surface area contributed by atoms with Crippen LogP contribution in [0.3, 0.4) is 0 Å². The van der Waals surface area contributed by atoms with Crippen LogP contribution in [0.1, 0.15) is 39.5 Å². The number of nitrogens with zero attached hydrogens (tertiary/aromatic N) is 2. The number of hydrogen-bond acceptors (Lipinski definition) is 6. The molecule has 1 N–H and O–H groups in total. The van der Waals surface area contributed by atoms with E-state index in [-0.39, 0.29) is 12.0 Å². The van der Waals surface area contributed by atoms with Gasteiger partial charge in [0.25, 0.3) is 0 Å². The highest BCUT2D eigenvalue weighted by molar-refractivity contribution is 7.99. The average molecular weight is 309 g/mol. The molecule has 0 aromatic carbocycles. The van der Waals surface area contributed by atoms with Crippen LogP contribution in [0, 0.1) is 0 Å². The normalized spacial score (nSPS) is 25.8. The van der Waals surface area contributed by atoms with Gasteiger partial charge in [0, 0.05) is 23.7 Å². The highest BCUT2D eigenvalue weighted by atomic mass is 32.2. The molecule has 5 nitrogen and oxygen atoms in total. The molecule has 1 heterocycles. The van der Waals surface area contributed by atoms with Crippen molar-refractivity contribution in [2.45, 2.75) is 61.5 Å². The van der Waals surface area contributed by atoms with Crippen LogP contribution in [-0.4, -0.2) is 39.9 Å². The first-order valence-electron chi connectivity index (χ1n) is 7.35. The lowest BCUT2D eigenvalue weighted by molar-refractivity contribution is -0.150. The molecule has 1 aliphatic carbocycles. The van der Waals surface area contributed by atoms with E-state index in [4.69, 9.17) is 4.74 Å². The zero-order chi connectivity index (χ0) is 15.3. The van der Waals surface area contributed by atoms with Crippen LogP contribution in [0.5, 0.6) is 0 Å². The van der Waals surface area contributed by atoms with Crippen LogP contribution in [0.15, 0.2) is 23.6 Å². The molecule has 0 radical (unpaired) electrons. The van der Waals surface area contributed by atoms with Gasteiger partial charge in [-0.2, -0.15) is 0 Å². The fourth-order valence-electron chi connectivity index (χ4n) is 2.94. The number of aromatic nitrogens is 2. The Morgan fingerprint density at radius 3 is 2.81 bits per heavy atom. The lowest BCUT2D eigenvalue weighted by atomic mass is 9.81. The van der Waals surface area contributed by atoms with Crippen molar-refractivity contribution < 1.29 is 9.53 Å². The van der Waals surface area contributed by atoms with Crippen molar-refractivity contribution in [1.82, 2.24) is 15.3 Å². The summed E-state index contributed by atoms with van der Waals surface area (Å²) < 4.78 is 5.05. The lowest BCUT2D eigenvalue weighted by Gasteiger charge is -2.40. The smallest absolute Gasteiger partial charge is 0.326 e. The number of ether oxygens (including phenoxy) is 1. The van der Waals surface area contributed by atoms with Gasteiger partial charge in [-0.25, -0.2) is 9.97 Å². The van der Waals surface area contributed by atoms with E-state index in [1.54, 1.807) is 24.2 Å². The van der Waals surface area contributed by atoms with Gasteiger partial charge < -0.3 is 4.74 Å². The van der Waals surface area contributed by atoms with Crippen molar-refractivity contribution >= 4 is 17.7 Å². The highest BCUT2D eigenvalue weighted by Crippen LogP contribution is 2.38. The molecule has 1 aromatic rings. The Morgan fingerprint density at radius 2 is 2.19 bits per heavy atom. The SMILES string of the molecule is COC(=O)C1(NC(C)C)CCCC(Sc2ncccn2)C1. The maximum absolute atomic E-state index is 12.3. The summed E-state index contributed by atoms with van der Waals surface area (Å²) in [5.74, 6) is -0.157. The Labute approximate surface area is 130 Å². The van der Waals surface area contributed by atoms with Gasteiger partial charge >= 0.3 is 5.97 Å². The Kier molecular flexibility index (Phi) is 5.58. The summed E-state index contributed by atoms with van der Waals surface area (Å²) in [5.41, 5.74) is -0.576. The second kappa shape index (κ2) is 7.22. The van der Waals surface area contributed by atoms with Crippen molar-refractivity contribution in [3.05, 3.63) is 18.5 Å². The molecule has 2 unspecified atom stereocenters. The van der Waals surface area contributed by atoms with E-state index >= 15 is 0 Å². The molecular weight excluding hydrogens is 286 g/mol.